The van der Waals surface area contributed by atoms with Crippen molar-refractivity contribution >= 4 is 11.9 Å². The fraction of sp³-hybridized carbons (Fsp3) is 0.212. The van der Waals surface area contributed by atoms with Gasteiger partial charge in [0.2, 0.25) is 6.79 Å². The predicted octanol–water partition coefficient (Wildman–Crippen LogP) is 5.90. The second-order valence-corrected chi connectivity index (χ2v) is 9.94. The summed E-state index contributed by atoms with van der Waals surface area (Å²) in [5, 5.41) is 10.4. The van der Waals surface area contributed by atoms with Crippen molar-refractivity contribution in [2.75, 3.05) is 21.0 Å². The zero-order chi connectivity index (χ0) is 28.5. The Hall–Kier alpha value is -4.98. The highest BCUT2D eigenvalue weighted by atomic mass is 16.7. The van der Waals surface area contributed by atoms with E-state index in [0.717, 1.165) is 11.1 Å². The number of rotatable bonds is 8. The van der Waals surface area contributed by atoms with E-state index in [4.69, 9.17) is 23.7 Å². The van der Waals surface area contributed by atoms with Gasteiger partial charge in [-0.1, -0.05) is 54.6 Å². The number of hydrogen-bond acceptors (Lipinski definition) is 7. The maximum absolute atomic E-state index is 14.0. The van der Waals surface area contributed by atoms with E-state index >= 15 is 0 Å². The van der Waals surface area contributed by atoms with Crippen LogP contribution in [-0.2, 0) is 9.59 Å². The summed E-state index contributed by atoms with van der Waals surface area (Å²) in [6.45, 7) is 0.176. The van der Waals surface area contributed by atoms with Crippen LogP contribution in [-0.4, -0.2) is 38.1 Å². The summed E-state index contributed by atoms with van der Waals surface area (Å²) >= 11 is 0. The SMILES string of the molecule is COc1ccccc1C1C(C(=O)O)C(c2ccccc2OC)C1C(=O)Oc1cccc(-c2ccc3c(c2)OCO3)c1. The molecule has 1 N–H and O–H groups in total. The van der Waals surface area contributed by atoms with Crippen molar-refractivity contribution in [3.63, 3.8) is 0 Å². The minimum Gasteiger partial charge on any atom is -0.496 e. The van der Waals surface area contributed by atoms with Gasteiger partial charge in [-0.2, -0.15) is 0 Å². The molecule has 1 heterocycles. The summed E-state index contributed by atoms with van der Waals surface area (Å²) in [6.07, 6.45) is 0. The van der Waals surface area contributed by atoms with Crippen LogP contribution in [0.25, 0.3) is 11.1 Å². The molecule has 4 aromatic rings. The molecule has 8 nitrogen and oxygen atoms in total. The molecule has 208 valence electrons. The average Bonchev–Trinajstić information content (AvgIpc) is 3.45. The Morgan fingerprint density at radius 3 is 1.95 bits per heavy atom. The van der Waals surface area contributed by atoms with E-state index < -0.39 is 35.6 Å². The molecule has 0 spiro atoms. The lowest BCUT2D eigenvalue weighted by atomic mass is 9.52. The van der Waals surface area contributed by atoms with E-state index in [0.29, 0.717) is 39.9 Å². The van der Waals surface area contributed by atoms with Crippen molar-refractivity contribution in [2.45, 2.75) is 11.8 Å². The zero-order valence-corrected chi connectivity index (χ0v) is 22.5. The van der Waals surface area contributed by atoms with Gasteiger partial charge in [0.1, 0.15) is 17.2 Å². The molecule has 2 atom stereocenters. The third-order valence-corrected chi connectivity index (χ3v) is 7.86. The van der Waals surface area contributed by atoms with Crippen LogP contribution in [0.1, 0.15) is 23.0 Å². The molecule has 41 heavy (non-hydrogen) atoms. The Morgan fingerprint density at radius 1 is 0.707 bits per heavy atom. The fourth-order valence-electron chi connectivity index (χ4n) is 6.01. The molecule has 2 unspecified atom stereocenters. The molecular formula is C33H28O8. The van der Waals surface area contributed by atoms with E-state index in [9.17, 15) is 14.7 Å². The molecule has 1 saturated carbocycles. The van der Waals surface area contributed by atoms with Gasteiger partial charge in [0, 0.05) is 11.8 Å². The molecule has 2 aliphatic rings. The van der Waals surface area contributed by atoms with Crippen LogP contribution in [0.4, 0.5) is 0 Å². The normalized spacial score (nSPS) is 20.5. The van der Waals surface area contributed by atoms with Crippen LogP contribution in [0.5, 0.6) is 28.7 Å². The molecule has 1 fully saturated rings. The highest BCUT2D eigenvalue weighted by molar-refractivity contribution is 5.86. The van der Waals surface area contributed by atoms with Gasteiger partial charge in [-0.05, 0) is 58.7 Å². The van der Waals surface area contributed by atoms with E-state index in [1.165, 1.54) is 14.2 Å². The number of carboxylic acid groups (broad SMARTS) is 1. The van der Waals surface area contributed by atoms with E-state index in [1.54, 1.807) is 42.5 Å². The first-order chi connectivity index (χ1) is 20.0. The first kappa shape index (κ1) is 26.3. The van der Waals surface area contributed by atoms with Crippen LogP contribution >= 0.6 is 0 Å². The number of esters is 1. The maximum Gasteiger partial charge on any atom is 0.315 e. The lowest BCUT2D eigenvalue weighted by Gasteiger charge is -2.49. The average molecular weight is 553 g/mol. The quantitative estimate of drug-likeness (QED) is 0.213. The molecule has 1 aliphatic carbocycles. The monoisotopic (exact) mass is 552 g/mol. The standard InChI is InChI=1S/C33H28O8/c1-37-24-12-5-3-10-22(24)28-30(32(34)35)29(23-11-4-6-13-25(23)38-2)31(28)33(36)41-21-9-7-8-19(16-21)20-14-15-26-27(17-20)40-18-39-26/h3-17,28-31H,18H2,1-2H3,(H,34,35). The Kier molecular flexibility index (Phi) is 6.97. The van der Waals surface area contributed by atoms with Gasteiger partial charge in [0.15, 0.2) is 11.5 Å². The molecule has 1 aliphatic heterocycles. The highest BCUT2D eigenvalue weighted by Gasteiger charge is 2.60. The second-order valence-electron chi connectivity index (χ2n) is 9.94. The number of para-hydroxylation sites is 2. The van der Waals surface area contributed by atoms with Gasteiger partial charge in [-0.25, -0.2) is 0 Å². The molecule has 0 bridgehead atoms. The third kappa shape index (κ3) is 4.71. The largest absolute Gasteiger partial charge is 0.496 e. The fourth-order valence-corrected chi connectivity index (χ4v) is 6.01. The molecule has 0 amide bonds. The second kappa shape index (κ2) is 10.9. The number of carbonyl (C=O) groups is 2. The van der Waals surface area contributed by atoms with Crippen LogP contribution in [0, 0.1) is 11.8 Å². The highest BCUT2D eigenvalue weighted by Crippen LogP contribution is 2.60. The van der Waals surface area contributed by atoms with Crippen molar-refractivity contribution in [1.29, 1.82) is 0 Å². The predicted molar refractivity (Wildman–Crippen MR) is 150 cm³/mol. The Bertz CT molecular complexity index is 1560. The first-order valence-corrected chi connectivity index (χ1v) is 13.2. The summed E-state index contributed by atoms with van der Waals surface area (Å²) in [4.78, 5) is 26.7. The molecule has 0 saturated heterocycles. The van der Waals surface area contributed by atoms with Gasteiger partial charge in [-0.15, -0.1) is 0 Å². The molecule has 4 aromatic carbocycles. The van der Waals surface area contributed by atoms with Crippen molar-refractivity contribution in [1.82, 2.24) is 0 Å². The maximum atomic E-state index is 14.0. The molecular weight excluding hydrogens is 524 g/mol. The van der Waals surface area contributed by atoms with E-state index in [1.807, 2.05) is 48.5 Å². The van der Waals surface area contributed by atoms with Crippen molar-refractivity contribution < 1.29 is 38.4 Å². The van der Waals surface area contributed by atoms with Crippen molar-refractivity contribution in [3.8, 4) is 39.9 Å². The first-order valence-electron chi connectivity index (χ1n) is 13.2. The summed E-state index contributed by atoms with van der Waals surface area (Å²) in [6, 6.07) is 27.2. The van der Waals surface area contributed by atoms with Crippen molar-refractivity contribution in [3.05, 3.63) is 102 Å². The number of methoxy groups -OCH3 is 2. The minimum absolute atomic E-state index is 0.176. The molecule has 0 aromatic heterocycles. The third-order valence-electron chi connectivity index (χ3n) is 7.86. The number of fused-ring (bicyclic) bond motifs is 1. The van der Waals surface area contributed by atoms with E-state index in [-0.39, 0.29) is 6.79 Å². The Labute approximate surface area is 237 Å². The Balaban J connectivity index is 1.37. The minimum atomic E-state index is -1.01. The molecule has 8 heteroatoms. The number of carboxylic acids is 1. The van der Waals surface area contributed by atoms with Gasteiger partial charge in [0.25, 0.3) is 0 Å². The molecule has 6 rings (SSSR count). The summed E-state index contributed by atoms with van der Waals surface area (Å²) < 4.78 is 28.0. The number of ether oxygens (including phenoxy) is 5. The number of aliphatic carboxylic acids is 1. The van der Waals surface area contributed by atoms with E-state index in [2.05, 4.69) is 0 Å². The summed E-state index contributed by atoms with van der Waals surface area (Å²) in [7, 11) is 3.06. The zero-order valence-electron chi connectivity index (χ0n) is 22.5. The summed E-state index contributed by atoms with van der Waals surface area (Å²) in [5.74, 6) is -1.89. The topological polar surface area (TPSA) is 101 Å². The number of hydrogen-bond donors (Lipinski definition) is 1. The number of carbonyl (C=O) groups excluding carboxylic acids is 1. The van der Waals surface area contributed by atoms with Gasteiger partial charge in [-0.3, -0.25) is 9.59 Å². The van der Waals surface area contributed by atoms with Crippen LogP contribution in [0.2, 0.25) is 0 Å². The summed E-state index contributed by atoms with van der Waals surface area (Å²) in [5.41, 5.74) is 2.99. The van der Waals surface area contributed by atoms with Crippen LogP contribution in [0.3, 0.4) is 0 Å². The smallest absolute Gasteiger partial charge is 0.315 e. The van der Waals surface area contributed by atoms with Gasteiger partial charge < -0.3 is 28.8 Å². The molecule has 0 radical (unpaired) electrons. The van der Waals surface area contributed by atoms with Crippen LogP contribution in [0.15, 0.2) is 91.0 Å². The lowest BCUT2D eigenvalue weighted by Crippen LogP contribution is -2.52. The van der Waals surface area contributed by atoms with Gasteiger partial charge in [0.05, 0.1) is 26.1 Å². The number of benzene rings is 4. The van der Waals surface area contributed by atoms with Crippen LogP contribution < -0.4 is 23.7 Å². The lowest BCUT2D eigenvalue weighted by molar-refractivity contribution is -0.158. The Morgan fingerprint density at radius 2 is 1.32 bits per heavy atom. The van der Waals surface area contributed by atoms with Crippen molar-refractivity contribution in [2.24, 2.45) is 11.8 Å². The van der Waals surface area contributed by atoms with Gasteiger partial charge >= 0.3 is 11.9 Å².